The van der Waals surface area contributed by atoms with Crippen molar-refractivity contribution in [2.24, 2.45) is 0 Å². The Morgan fingerprint density at radius 1 is 0.717 bits per heavy atom. The van der Waals surface area contributed by atoms with Gasteiger partial charge in [-0.25, -0.2) is 9.36 Å². The van der Waals surface area contributed by atoms with Crippen molar-refractivity contribution in [1.82, 2.24) is 19.6 Å². The van der Waals surface area contributed by atoms with Crippen LogP contribution in [0.5, 0.6) is 23.3 Å². The van der Waals surface area contributed by atoms with E-state index in [1.807, 2.05) is 108 Å². The number of halogens is 3. The predicted octanol–water partition coefficient (Wildman–Crippen LogP) is 11.1. The van der Waals surface area contributed by atoms with Gasteiger partial charge in [-0.05, 0) is 86.1 Å². The van der Waals surface area contributed by atoms with Gasteiger partial charge in [0.1, 0.15) is 17.8 Å². The zero-order valence-electron chi connectivity index (χ0n) is 29.8. The quantitative estimate of drug-likeness (QED) is 0.0680. The van der Waals surface area contributed by atoms with Gasteiger partial charge in [0.15, 0.2) is 6.29 Å². The lowest BCUT2D eigenvalue weighted by Gasteiger charge is -2.14. The number of ether oxygens (including phenoxy) is 4. The van der Waals surface area contributed by atoms with Crippen LogP contribution in [0, 0.1) is 0 Å². The van der Waals surface area contributed by atoms with Crippen molar-refractivity contribution in [3.63, 3.8) is 0 Å². The van der Waals surface area contributed by atoms with Crippen LogP contribution in [-0.4, -0.2) is 45.3 Å². The van der Waals surface area contributed by atoms with E-state index in [1.54, 1.807) is 38.5 Å². The van der Waals surface area contributed by atoms with Crippen LogP contribution >= 0.6 is 43.5 Å². The third kappa shape index (κ3) is 12.2. The first-order valence-corrected chi connectivity index (χ1v) is 18.4. The zero-order valence-corrected chi connectivity index (χ0v) is 33.8. The van der Waals surface area contributed by atoms with Crippen molar-refractivity contribution in [2.45, 2.75) is 40.2 Å². The topological polar surface area (TPSA) is 107 Å². The van der Waals surface area contributed by atoms with Gasteiger partial charge in [-0.15, -0.1) is 0 Å². The van der Waals surface area contributed by atoms with Gasteiger partial charge in [-0.3, -0.25) is 9.59 Å². The highest BCUT2D eigenvalue weighted by Gasteiger charge is 2.14. The van der Waals surface area contributed by atoms with E-state index < -0.39 is 0 Å². The molecule has 0 bridgehead atoms. The van der Waals surface area contributed by atoms with E-state index in [4.69, 9.17) is 18.9 Å². The molecule has 6 rings (SSSR count). The van der Waals surface area contributed by atoms with Crippen LogP contribution in [0.4, 0.5) is 0 Å². The molecule has 0 spiro atoms. The van der Waals surface area contributed by atoms with Crippen LogP contribution in [0.2, 0.25) is 0 Å². The number of aldehydes is 1. The number of rotatable bonds is 12. The van der Waals surface area contributed by atoms with E-state index in [-0.39, 0.29) is 11.5 Å². The molecule has 4 aromatic carbocycles. The molecule has 0 amide bonds. The molecule has 0 atom stereocenters. The predicted molar refractivity (Wildman–Crippen MR) is 214 cm³/mol. The monoisotopic (exact) mass is 864 g/mol. The van der Waals surface area contributed by atoms with Crippen LogP contribution in [0.25, 0.3) is 22.5 Å². The first kappa shape index (κ1) is 41.2. The minimum atomic E-state index is -0.381. The Hall–Kier alpha value is -4.59. The zero-order chi connectivity index (χ0) is 38.3. The molecule has 13 heteroatoms. The lowest BCUT2D eigenvalue weighted by molar-refractivity contribution is -0.109. The highest BCUT2D eigenvalue weighted by Crippen LogP contribution is 2.31. The van der Waals surface area contributed by atoms with Gasteiger partial charge >= 0.3 is 0 Å². The number of aryl methyl sites for hydroxylation is 2. The maximum Gasteiger partial charge on any atom is 0.218 e. The van der Waals surface area contributed by atoms with Crippen molar-refractivity contribution in [3.8, 4) is 45.8 Å². The van der Waals surface area contributed by atoms with Crippen LogP contribution < -0.4 is 9.47 Å². The molecule has 2 aromatic heterocycles. The van der Waals surface area contributed by atoms with E-state index in [2.05, 4.69) is 53.7 Å². The second-order valence-electron chi connectivity index (χ2n) is 11.1. The number of benzene rings is 4. The third-order valence-corrected chi connectivity index (χ3v) is 8.35. The van der Waals surface area contributed by atoms with Gasteiger partial charge in [0.2, 0.25) is 17.0 Å². The minimum Gasteiger partial charge on any atom is -0.439 e. The van der Waals surface area contributed by atoms with Crippen molar-refractivity contribution in [1.29, 1.82) is 0 Å². The molecule has 0 aliphatic heterocycles. The highest BCUT2D eigenvalue weighted by atomic mass is 79.9. The molecular weight excluding hydrogens is 828 g/mol. The van der Waals surface area contributed by atoms with Crippen molar-refractivity contribution in [3.05, 3.63) is 129 Å². The molecule has 0 saturated carbocycles. The number of carbonyl (C=O) groups is 2. The normalized spacial score (nSPS) is 10.5. The van der Waals surface area contributed by atoms with Gasteiger partial charge in [0.25, 0.3) is 0 Å². The summed E-state index contributed by atoms with van der Waals surface area (Å²) in [6, 6.07) is 34.5. The van der Waals surface area contributed by atoms with Crippen LogP contribution in [0.3, 0.4) is 0 Å². The van der Waals surface area contributed by atoms with E-state index in [9.17, 15) is 9.59 Å². The van der Waals surface area contributed by atoms with E-state index in [0.29, 0.717) is 29.6 Å². The fourth-order valence-electron chi connectivity index (χ4n) is 4.91. The molecule has 6 aromatic rings. The van der Waals surface area contributed by atoms with Gasteiger partial charge in [-0.2, -0.15) is 10.2 Å². The number of hydrogen-bond acceptors (Lipinski definition) is 8. The van der Waals surface area contributed by atoms with Gasteiger partial charge < -0.3 is 18.9 Å². The number of hydrogen-bond donors (Lipinski definition) is 0. The number of aromatic nitrogens is 4. The summed E-state index contributed by atoms with van der Waals surface area (Å²) in [6.45, 7) is 6.77. The molecule has 0 unspecified atom stereocenters. The molecule has 276 valence electrons. The molecular formula is C40H39Br2ClN4O6. The van der Waals surface area contributed by atoms with Crippen LogP contribution in [0.15, 0.2) is 118 Å². The fraction of sp³-hybridized carbons (Fsp3) is 0.200. The summed E-state index contributed by atoms with van der Waals surface area (Å²) in [5.74, 6) is 2.77. The number of methoxy groups -OCH3 is 2. The molecule has 0 radical (unpaired) electrons. The molecule has 0 N–H and O–H groups in total. The summed E-state index contributed by atoms with van der Waals surface area (Å²) < 4.78 is 28.1. The average Bonchev–Trinajstić information content (AvgIpc) is 3.77. The Balaban J connectivity index is 0.000000216. The van der Waals surface area contributed by atoms with E-state index in [1.165, 1.54) is 6.92 Å². The lowest BCUT2D eigenvalue weighted by Crippen LogP contribution is -2.03. The number of carbonyl (C=O) groups excluding carboxylic acids is 2. The van der Waals surface area contributed by atoms with Gasteiger partial charge in [0, 0.05) is 77.6 Å². The standard InChI is InChI=1S/C20H21BrN2O3.C18H15BrN2O2.C2H3ClO/c1-4-23-19(13-18(22-23)15-6-5-7-16(21)12-15)26-17-10-8-14(9-11-17)20(24-2)25-3;1-2-21-18(23-16-8-6-13(12-22)7-9-16)11-17(20-21)14-4-3-5-15(19)10-14;1-2(3)4/h5-13,20H,4H2,1-3H3;3-12H,2H2,1H3;1H3. The molecule has 2 heterocycles. The second-order valence-corrected chi connectivity index (χ2v) is 13.5. The Labute approximate surface area is 330 Å². The van der Waals surface area contributed by atoms with E-state index >= 15 is 0 Å². The minimum absolute atomic E-state index is 0.361. The maximum atomic E-state index is 10.7. The Morgan fingerprint density at radius 2 is 1.13 bits per heavy atom. The summed E-state index contributed by atoms with van der Waals surface area (Å²) in [6.07, 6.45) is 0.430. The largest absolute Gasteiger partial charge is 0.439 e. The van der Waals surface area contributed by atoms with Gasteiger partial charge in [-0.1, -0.05) is 68.3 Å². The number of nitrogens with zero attached hydrogens (tertiary/aromatic N) is 4. The summed E-state index contributed by atoms with van der Waals surface area (Å²) in [7, 11) is 3.23. The van der Waals surface area contributed by atoms with Crippen molar-refractivity contribution in [2.75, 3.05) is 14.2 Å². The summed E-state index contributed by atoms with van der Waals surface area (Å²) in [4.78, 5) is 19.9. The third-order valence-electron chi connectivity index (χ3n) is 7.37. The summed E-state index contributed by atoms with van der Waals surface area (Å²) in [5, 5.41) is 8.86. The first-order chi connectivity index (χ1) is 25.6. The van der Waals surface area contributed by atoms with Crippen LogP contribution in [0.1, 0.15) is 43.0 Å². The van der Waals surface area contributed by atoms with Crippen LogP contribution in [-0.2, 0) is 27.4 Å². The lowest BCUT2D eigenvalue weighted by atomic mass is 10.2. The summed E-state index contributed by atoms with van der Waals surface area (Å²) in [5.41, 5.74) is 5.34. The van der Waals surface area contributed by atoms with Crippen molar-refractivity contribution >= 4 is 55.0 Å². The average molecular weight is 867 g/mol. The maximum absolute atomic E-state index is 10.7. The Kier molecular flexibility index (Phi) is 16.0. The molecule has 0 aliphatic carbocycles. The smallest absolute Gasteiger partial charge is 0.218 e. The highest BCUT2D eigenvalue weighted by molar-refractivity contribution is 9.10. The molecule has 0 aliphatic rings. The molecule has 10 nitrogen and oxygen atoms in total. The molecule has 53 heavy (non-hydrogen) atoms. The second kappa shape index (κ2) is 20.6. The first-order valence-electron chi connectivity index (χ1n) is 16.5. The molecule has 0 saturated heterocycles. The van der Waals surface area contributed by atoms with E-state index in [0.717, 1.165) is 55.6 Å². The fourth-order valence-corrected chi connectivity index (χ4v) is 5.71. The van der Waals surface area contributed by atoms with Gasteiger partial charge in [0.05, 0.1) is 11.4 Å². The summed E-state index contributed by atoms with van der Waals surface area (Å²) >= 11 is 11.6. The Bertz CT molecular complexity index is 2080. The SMILES string of the molecule is CC(=O)Cl.CCn1nc(-c2cccc(Br)c2)cc1Oc1ccc(C(OC)OC)cc1.CCn1nc(-c2cccc(Br)c2)cc1Oc1ccc(C=O)cc1. The molecule has 0 fully saturated rings. The Morgan fingerprint density at radius 3 is 1.49 bits per heavy atom. The van der Waals surface area contributed by atoms with Crippen molar-refractivity contribution < 1.29 is 28.5 Å².